The lowest BCUT2D eigenvalue weighted by Gasteiger charge is -2.26. The number of nitrogens with zero attached hydrogens (tertiary/aromatic N) is 2. The Hall–Kier alpha value is -1.88. The maximum atomic E-state index is 12.4. The van der Waals surface area contributed by atoms with Gasteiger partial charge in [-0.1, -0.05) is 22.0 Å². The molecular formula is C14H12BrN2O2+. The largest absolute Gasteiger partial charge is 0.472 e. The van der Waals surface area contributed by atoms with Crippen LogP contribution in [0, 0.1) is 0 Å². The molecule has 19 heavy (non-hydrogen) atoms. The van der Waals surface area contributed by atoms with E-state index < -0.39 is 0 Å². The zero-order valence-electron chi connectivity index (χ0n) is 10.1. The predicted molar refractivity (Wildman–Crippen MR) is 72.4 cm³/mol. The zero-order valence-corrected chi connectivity index (χ0v) is 11.7. The second-order valence-corrected chi connectivity index (χ2v) is 5.21. The van der Waals surface area contributed by atoms with E-state index in [-0.39, 0.29) is 12.6 Å². The first kappa shape index (κ1) is 12.2. The highest BCUT2D eigenvalue weighted by Gasteiger charge is 2.27. The highest BCUT2D eigenvalue weighted by molar-refractivity contribution is 9.10. The summed E-state index contributed by atoms with van der Waals surface area (Å²) < 4.78 is 8.41. The lowest BCUT2D eigenvalue weighted by atomic mass is 10.1. The number of aromatic nitrogens is 1. The van der Waals surface area contributed by atoms with Gasteiger partial charge in [0.25, 0.3) is 5.91 Å². The fourth-order valence-corrected chi connectivity index (χ4v) is 2.36. The van der Waals surface area contributed by atoms with E-state index in [1.54, 1.807) is 11.0 Å². The quantitative estimate of drug-likeness (QED) is 0.795. The third kappa shape index (κ3) is 2.46. The summed E-state index contributed by atoms with van der Waals surface area (Å²) in [4.78, 5) is 14.0. The van der Waals surface area contributed by atoms with Gasteiger partial charge in [0.05, 0.1) is 5.56 Å². The number of hydrogen-bond donors (Lipinski definition) is 0. The van der Waals surface area contributed by atoms with Crippen LogP contribution in [0.15, 0.2) is 53.3 Å². The van der Waals surface area contributed by atoms with E-state index in [0.29, 0.717) is 18.0 Å². The van der Waals surface area contributed by atoms with Crippen molar-refractivity contribution in [3.63, 3.8) is 0 Å². The Morgan fingerprint density at radius 3 is 2.84 bits per heavy atom. The number of fused-ring (bicyclic) bond motifs is 1. The van der Waals surface area contributed by atoms with Crippen molar-refractivity contribution in [3.05, 3.63) is 58.8 Å². The van der Waals surface area contributed by atoms with Crippen molar-refractivity contribution >= 4 is 21.8 Å². The molecule has 1 aromatic carbocycles. The molecule has 0 unspecified atom stereocenters. The molecule has 0 saturated heterocycles. The maximum absolute atomic E-state index is 12.4. The summed E-state index contributed by atoms with van der Waals surface area (Å²) in [7, 11) is 0. The van der Waals surface area contributed by atoms with E-state index in [1.807, 2.05) is 47.3 Å². The second kappa shape index (κ2) is 5.01. The molecule has 2 aromatic rings. The molecule has 4 nitrogen and oxygen atoms in total. The molecule has 1 aliphatic rings. The van der Waals surface area contributed by atoms with Crippen LogP contribution in [0.3, 0.4) is 0 Å². The van der Waals surface area contributed by atoms with Gasteiger partial charge in [-0.25, -0.2) is 4.90 Å². The molecule has 1 amide bonds. The van der Waals surface area contributed by atoms with Gasteiger partial charge in [0.1, 0.15) is 5.75 Å². The SMILES string of the molecule is O=C1c2cc(Br)ccc2OCN1C[n+]1ccccc1. The monoisotopic (exact) mass is 319 g/mol. The summed E-state index contributed by atoms with van der Waals surface area (Å²) >= 11 is 3.37. The number of ether oxygens (including phenoxy) is 1. The molecule has 0 bridgehead atoms. The lowest BCUT2D eigenvalue weighted by molar-refractivity contribution is -0.713. The minimum absolute atomic E-state index is 0.0149. The van der Waals surface area contributed by atoms with Crippen molar-refractivity contribution in [2.45, 2.75) is 6.67 Å². The van der Waals surface area contributed by atoms with Crippen LogP contribution >= 0.6 is 15.9 Å². The van der Waals surface area contributed by atoms with Crippen LogP contribution in [0.2, 0.25) is 0 Å². The Kier molecular flexibility index (Phi) is 3.21. The average molecular weight is 320 g/mol. The van der Waals surface area contributed by atoms with Crippen molar-refractivity contribution < 1.29 is 14.1 Å². The Labute approximate surface area is 119 Å². The first-order chi connectivity index (χ1) is 9.24. The number of hydrogen-bond acceptors (Lipinski definition) is 2. The lowest BCUT2D eigenvalue weighted by Crippen LogP contribution is -2.49. The van der Waals surface area contributed by atoms with Gasteiger partial charge in [-0.05, 0) is 18.2 Å². The topological polar surface area (TPSA) is 33.4 Å². The molecule has 0 saturated carbocycles. The molecule has 3 rings (SSSR count). The summed E-state index contributed by atoms with van der Waals surface area (Å²) in [6, 6.07) is 11.3. The van der Waals surface area contributed by atoms with Crippen LogP contribution in [-0.2, 0) is 6.67 Å². The number of halogens is 1. The summed E-state index contributed by atoms with van der Waals surface area (Å²) in [6.45, 7) is 0.751. The molecule has 5 heteroatoms. The standard InChI is InChI=1S/C14H12BrN2O2/c15-11-4-5-13-12(8-11)14(18)17(10-19-13)9-16-6-2-1-3-7-16/h1-8H,9-10H2/q+1. The molecule has 2 heterocycles. The van der Waals surface area contributed by atoms with Crippen LogP contribution in [0.25, 0.3) is 0 Å². The van der Waals surface area contributed by atoms with Crippen LogP contribution in [0.5, 0.6) is 5.75 Å². The number of carbonyl (C=O) groups is 1. The number of pyridine rings is 1. The van der Waals surface area contributed by atoms with E-state index in [0.717, 1.165) is 4.47 Å². The molecule has 1 aromatic heterocycles. The molecule has 0 aliphatic carbocycles. The van der Waals surface area contributed by atoms with Crippen LogP contribution in [0.4, 0.5) is 0 Å². The van der Waals surface area contributed by atoms with E-state index in [4.69, 9.17) is 4.74 Å². The van der Waals surface area contributed by atoms with Crippen LogP contribution < -0.4 is 9.30 Å². The van der Waals surface area contributed by atoms with Gasteiger partial charge >= 0.3 is 0 Å². The van der Waals surface area contributed by atoms with Gasteiger partial charge in [-0.15, -0.1) is 0 Å². The van der Waals surface area contributed by atoms with Crippen molar-refractivity contribution in [1.82, 2.24) is 4.90 Å². The van der Waals surface area contributed by atoms with E-state index in [1.165, 1.54) is 0 Å². The minimum Gasteiger partial charge on any atom is -0.472 e. The third-order valence-electron chi connectivity index (χ3n) is 2.95. The van der Waals surface area contributed by atoms with Gasteiger partial charge in [-0.2, -0.15) is 4.57 Å². The van der Waals surface area contributed by atoms with Crippen LogP contribution in [0.1, 0.15) is 10.4 Å². The number of rotatable bonds is 2. The molecule has 0 fully saturated rings. The first-order valence-corrected chi connectivity index (χ1v) is 6.69. The molecule has 0 atom stereocenters. The summed E-state index contributed by atoms with van der Waals surface area (Å²) in [5.74, 6) is 0.626. The van der Waals surface area contributed by atoms with Crippen molar-refractivity contribution in [2.75, 3.05) is 6.73 Å². The first-order valence-electron chi connectivity index (χ1n) is 5.90. The Balaban J connectivity index is 1.85. The van der Waals surface area contributed by atoms with Crippen LogP contribution in [-0.4, -0.2) is 17.5 Å². The van der Waals surface area contributed by atoms with Gasteiger partial charge in [-0.3, -0.25) is 4.79 Å². The smallest absolute Gasteiger partial charge is 0.265 e. The normalized spacial score (nSPS) is 13.9. The van der Waals surface area contributed by atoms with Crippen molar-refractivity contribution in [2.24, 2.45) is 0 Å². The maximum Gasteiger partial charge on any atom is 0.265 e. The Morgan fingerprint density at radius 1 is 1.26 bits per heavy atom. The van der Waals surface area contributed by atoms with Gasteiger partial charge < -0.3 is 4.74 Å². The highest BCUT2D eigenvalue weighted by atomic mass is 79.9. The summed E-state index contributed by atoms with van der Waals surface area (Å²) in [6.07, 6.45) is 3.84. The Bertz CT molecular complexity index is 616. The average Bonchev–Trinajstić information content (AvgIpc) is 2.44. The van der Waals surface area contributed by atoms with Crippen molar-refractivity contribution in [3.8, 4) is 5.75 Å². The van der Waals surface area contributed by atoms with Crippen molar-refractivity contribution in [1.29, 1.82) is 0 Å². The van der Waals surface area contributed by atoms with E-state index in [2.05, 4.69) is 15.9 Å². The minimum atomic E-state index is -0.0149. The second-order valence-electron chi connectivity index (χ2n) is 4.29. The molecule has 1 aliphatic heterocycles. The molecular weight excluding hydrogens is 308 g/mol. The highest BCUT2D eigenvalue weighted by Crippen LogP contribution is 2.27. The molecule has 0 radical (unpaired) electrons. The molecule has 96 valence electrons. The fourth-order valence-electron chi connectivity index (χ4n) is 2.00. The van der Waals surface area contributed by atoms with Gasteiger partial charge in [0, 0.05) is 16.6 Å². The van der Waals surface area contributed by atoms with Gasteiger partial charge in [0.2, 0.25) is 6.67 Å². The summed E-state index contributed by atoms with van der Waals surface area (Å²) in [5.41, 5.74) is 0.595. The predicted octanol–water partition coefficient (Wildman–Crippen LogP) is 2.19. The Morgan fingerprint density at radius 2 is 2.05 bits per heavy atom. The molecule has 0 spiro atoms. The number of carbonyl (C=O) groups excluding carboxylic acids is 1. The van der Waals surface area contributed by atoms with Gasteiger partial charge in [0.15, 0.2) is 19.1 Å². The van der Waals surface area contributed by atoms with E-state index >= 15 is 0 Å². The summed E-state index contributed by atoms with van der Waals surface area (Å²) in [5, 5.41) is 0. The molecule has 0 N–H and O–H groups in total. The fraction of sp³-hybridized carbons (Fsp3) is 0.143. The van der Waals surface area contributed by atoms with E-state index in [9.17, 15) is 4.79 Å². The number of benzene rings is 1. The number of amides is 1. The third-order valence-corrected chi connectivity index (χ3v) is 3.44. The zero-order chi connectivity index (χ0) is 13.2.